The zero-order valence-corrected chi connectivity index (χ0v) is 7.25. The lowest BCUT2D eigenvalue weighted by Gasteiger charge is -2.12. The average Bonchev–Trinajstić information content (AvgIpc) is 2.56. The maximum absolute atomic E-state index is 8.96. The molecule has 4 heteroatoms. The zero-order valence-electron chi connectivity index (χ0n) is 7.25. The van der Waals surface area contributed by atoms with Crippen molar-refractivity contribution in [3.63, 3.8) is 0 Å². The molecule has 12 heavy (non-hydrogen) atoms. The van der Waals surface area contributed by atoms with Crippen molar-refractivity contribution in [1.29, 1.82) is 0 Å². The van der Waals surface area contributed by atoms with Crippen LogP contribution in [0.5, 0.6) is 0 Å². The summed E-state index contributed by atoms with van der Waals surface area (Å²) in [6.07, 6.45) is 4.22. The summed E-state index contributed by atoms with van der Waals surface area (Å²) in [6, 6.07) is 0.135. The maximum Gasteiger partial charge on any atom is 0.0921 e. The van der Waals surface area contributed by atoms with Crippen LogP contribution in [0.3, 0.4) is 0 Å². The summed E-state index contributed by atoms with van der Waals surface area (Å²) >= 11 is 0. The number of hydrogen-bond donors (Lipinski definition) is 3. The van der Waals surface area contributed by atoms with Gasteiger partial charge in [0.05, 0.1) is 12.9 Å². The number of aromatic amines is 1. The summed E-state index contributed by atoms with van der Waals surface area (Å²) in [5.74, 6) is 0. The van der Waals surface area contributed by atoms with Gasteiger partial charge in [-0.25, -0.2) is 4.98 Å². The number of aliphatic hydroxyl groups excluding tert-OH is 1. The van der Waals surface area contributed by atoms with Crippen LogP contribution in [-0.2, 0) is 6.42 Å². The highest BCUT2D eigenvalue weighted by Crippen LogP contribution is 1.96. The van der Waals surface area contributed by atoms with E-state index in [1.807, 2.05) is 6.92 Å². The van der Waals surface area contributed by atoms with Crippen LogP contribution in [0.4, 0.5) is 0 Å². The molecule has 1 heterocycles. The second-order valence-electron chi connectivity index (χ2n) is 2.72. The first kappa shape index (κ1) is 9.22. The molecule has 1 atom stereocenters. The van der Waals surface area contributed by atoms with Crippen molar-refractivity contribution >= 4 is 0 Å². The third-order valence-corrected chi connectivity index (χ3v) is 1.73. The van der Waals surface area contributed by atoms with Gasteiger partial charge in [-0.3, -0.25) is 0 Å². The first-order valence-corrected chi connectivity index (χ1v) is 4.18. The molecule has 0 spiro atoms. The third kappa shape index (κ3) is 2.64. The van der Waals surface area contributed by atoms with Crippen LogP contribution in [0.25, 0.3) is 0 Å². The fraction of sp³-hybridized carbons (Fsp3) is 0.625. The quantitative estimate of drug-likeness (QED) is 0.578. The van der Waals surface area contributed by atoms with Gasteiger partial charge >= 0.3 is 0 Å². The summed E-state index contributed by atoms with van der Waals surface area (Å²) in [5, 5.41) is 12.1. The molecule has 0 fully saturated rings. The molecule has 3 N–H and O–H groups in total. The van der Waals surface area contributed by atoms with Crippen LogP contribution in [-0.4, -0.2) is 34.3 Å². The lowest BCUT2D eigenvalue weighted by atomic mass is 10.2. The Balaban J connectivity index is 2.37. The first-order valence-electron chi connectivity index (χ1n) is 4.18. The summed E-state index contributed by atoms with van der Waals surface area (Å²) < 4.78 is 0. The van der Waals surface area contributed by atoms with Crippen molar-refractivity contribution < 1.29 is 5.11 Å². The van der Waals surface area contributed by atoms with Crippen molar-refractivity contribution in [2.24, 2.45) is 0 Å². The third-order valence-electron chi connectivity index (χ3n) is 1.73. The zero-order chi connectivity index (χ0) is 8.81. The van der Waals surface area contributed by atoms with E-state index in [4.69, 9.17) is 5.11 Å². The molecule has 1 unspecified atom stereocenters. The highest BCUT2D eigenvalue weighted by atomic mass is 16.3. The van der Waals surface area contributed by atoms with Crippen molar-refractivity contribution in [2.75, 3.05) is 13.2 Å². The molecular weight excluding hydrogens is 154 g/mol. The van der Waals surface area contributed by atoms with Gasteiger partial charge < -0.3 is 15.4 Å². The number of likely N-dealkylation sites (N-methyl/N-ethyl adjacent to an activating group) is 1. The highest BCUT2D eigenvalue weighted by Gasteiger charge is 2.06. The van der Waals surface area contributed by atoms with E-state index in [9.17, 15) is 0 Å². The minimum atomic E-state index is 0.135. The van der Waals surface area contributed by atoms with Gasteiger partial charge in [-0.15, -0.1) is 0 Å². The van der Waals surface area contributed by atoms with Crippen LogP contribution in [0, 0.1) is 0 Å². The van der Waals surface area contributed by atoms with E-state index in [1.165, 1.54) is 0 Å². The summed E-state index contributed by atoms with van der Waals surface area (Å²) in [6.45, 7) is 3.06. The summed E-state index contributed by atoms with van der Waals surface area (Å²) in [4.78, 5) is 6.90. The van der Waals surface area contributed by atoms with Crippen LogP contribution >= 0.6 is 0 Å². The van der Waals surface area contributed by atoms with Gasteiger partial charge in [0.15, 0.2) is 0 Å². The molecule has 0 aliphatic heterocycles. The Morgan fingerprint density at radius 3 is 3.08 bits per heavy atom. The van der Waals surface area contributed by atoms with Crippen molar-refractivity contribution in [3.05, 3.63) is 18.2 Å². The Bertz CT molecular complexity index is 198. The molecule has 0 bridgehead atoms. The van der Waals surface area contributed by atoms with Gasteiger partial charge in [-0.1, -0.05) is 6.92 Å². The normalized spacial score (nSPS) is 13.2. The molecule has 1 rings (SSSR count). The van der Waals surface area contributed by atoms with Crippen LogP contribution in [0.15, 0.2) is 12.5 Å². The number of aromatic nitrogens is 2. The Hall–Kier alpha value is -0.870. The monoisotopic (exact) mass is 169 g/mol. The molecule has 0 aromatic carbocycles. The van der Waals surface area contributed by atoms with Crippen molar-refractivity contribution in [2.45, 2.75) is 19.4 Å². The van der Waals surface area contributed by atoms with Crippen LogP contribution < -0.4 is 5.32 Å². The first-order chi connectivity index (χ1) is 5.86. The number of H-pyrrole nitrogens is 1. The number of aliphatic hydroxyl groups is 1. The fourth-order valence-corrected chi connectivity index (χ4v) is 1.15. The smallest absolute Gasteiger partial charge is 0.0921 e. The topological polar surface area (TPSA) is 60.9 Å². The lowest BCUT2D eigenvalue weighted by Crippen LogP contribution is -2.34. The molecule has 0 amide bonds. The lowest BCUT2D eigenvalue weighted by molar-refractivity contribution is 0.243. The average molecular weight is 169 g/mol. The van der Waals surface area contributed by atoms with Gasteiger partial charge in [0.1, 0.15) is 0 Å². The molecule has 1 aromatic heterocycles. The predicted octanol–water partition coefficient (Wildman–Crippen LogP) is -0.0774. The standard InChI is InChI=1S/C8H15N3O/c1-2-10-8(5-12)3-7-4-9-6-11-7/h4,6,8,10,12H,2-3,5H2,1H3,(H,9,11). The SMILES string of the molecule is CCNC(CO)Cc1cnc[nH]1. The molecule has 0 radical (unpaired) electrons. The number of imidazole rings is 1. The number of rotatable bonds is 5. The second kappa shape index (κ2) is 4.90. The van der Waals surface area contributed by atoms with E-state index >= 15 is 0 Å². The molecular formula is C8H15N3O. The number of nitrogens with zero attached hydrogens (tertiary/aromatic N) is 1. The van der Waals surface area contributed by atoms with Gasteiger partial charge in [0.25, 0.3) is 0 Å². The van der Waals surface area contributed by atoms with E-state index in [0.29, 0.717) is 0 Å². The Morgan fingerprint density at radius 2 is 2.58 bits per heavy atom. The molecule has 0 aliphatic rings. The predicted molar refractivity (Wildman–Crippen MR) is 46.8 cm³/mol. The largest absolute Gasteiger partial charge is 0.395 e. The molecule has 68 valence electrons. The molecule has 0 saturated carbocycles. The van der Waals surface area contributed by atoms with E-state index < -0.39 is 0 Å². The minimum absolute atomic E-state index is 0.135. The maximum atomic E-state index is 8.96. The number of nitrogens with one attached hydrogen (secondary N) is 2. The van der Waals surface area contributed by atoms with E-state index in [-0.39, 0.29) is 12.6 Å². The fourth-order valence-electron chi connectivity index (χ4n) is 1.15. The van der Waals surface area contributed by atoms with Gasteiger partial charge in [0.2, 0.25) is 0 Å². The van der Waals surface area contributed by atoms with Crippen molar-refractivity contribution in [3.8, 4) is 0 Å². The minimum Gasteiger partial charge on any atom is -0.395 e. The van der Waals surface area contributed by atoms with Gasteiger partial charge in [0, 0.05) is 24.4 Å². The van der Waals surface area contributed by atoms with Gasteiger partial charge in [-0.05, 0) is 6.54 Å². The number of hydrogen-bond acceptors (Lipinski definition) is 3. The van der Waals surface area contributed by atoms with Gasteiger partial charge in [-0.2, -0.15) is 0 Å². The van der Waals surface area contributed by atoms with Crippen molar-refractivity contribution in [1.82, 2.24) is 15.3 Å². The second-order valence-corrected chi connectivity index (χ2v) is 2.72. The van der Waals surface area contributed by atoms with Crippen LogP contribution in [0.1, 0.15) is 12.6 Å². The van der Waals surface area contributed by atoms with E-state index in [1.54, 1.807) is 12.5 Å². The van der Waals surface area contributed by atoms with Crippen LogP contribution in [0.2, 0.25) is 0 Å². The Kier molecular flexibility index (Phi) is 3.76. The summed E-state index contributed by atoms with van der Waals surface area (Å²) in [7, 11) is 0. The van der Waals surface area contributed by atoms with E-state index in [0.717, 1.165) is 18.7 Å². The Labute approximate surface area is 72.0 Å². The summed E-state index contributed by atoms with van der Waals surface area (Å²) in [5.41, 5.74) is 1.05. The molecule has 1 aromatic rings. The highest BCUT2D eigenvalue weighted by molar-refractivity contribution is 4.97. The molecule has 4 nitrogen and oxygen atoms in total. The van der Waals surface area contributed by atoms with E-state index in [2.05, 4.69) is 15.3 Å². The Morgan fingerprint density at radius 1 is 1.75 bits per heavy atom. The molecule has 0 aliphatic carbocycles. The molecule has 0 saturated heterocycles.